The molecule has 0 aromatic rings. The Morgan fingerprint density at radius 1 is 1.41 bits per heavy atom. The van der Waals surface area contributed by atoms with Crippen molar-refractivity contribution in [3.8, 4) is 0 Å². The molecule has 0 saturated carbocycles. The summed E-state index contributed by atoms with van der Waals surface area (Å²) in [5.41, 5.74) is 10.8. The molecule has 1 unspecified atom stereocenters. The number of hydrogen-bond donors (Lipinski definition) is 3. The van der Waals surface area contributed by atoms with E-state index in [1.165, 1.54) is 37.3 Å². The van der Waals surface area contributed by atoms with Crippen LogP contribution in [0.5, 0.6) is 0 Å². The van der Waals surface area contributed by atoms with Gasteiger partial charge in [-0.05, 0) is 30.9 Å². The molecule has 3 aliphatic heterocycles. The number of nitrogens with two attached hydrogens (primary N) is 1. The van der Waals surface area contributed by atoms with Crippen LogP contribution in [0, 0.1) is 0 Å². The van der Waals surface area contributed by atoms with Crippen molar-refractivity contribution in [3.05, 3.63) is 23.3 Å². The molecule has 0 radical (unpaired) electrons. The predicted octanol–water partition coefficient (Wildman–Crippen LogP) is 0.253. The third kappa shape index (κ3) is 1.79. The third-order valence-corrected chi connectivity index (χ3v) is 3.84. The van der Waals surface area contributed by atoms with Crippen molar-refractivity contribution in [3.63, 3.8) is 0 Å². The van der Waals surface area contributed by atoms with E-state index in [0.717, 1.165) is 18.8 Å². The molecule has 3 rings (SSSR count). The van der Waals surface area contributed by atoms with Crippen LogP contribution in [0.25, 0.3) is 0 Å². The van der Waals surface area contributed by atoms with Crippen LogP contribution >= 0.6 is 0 Å². The zero-order valence-electron chi connectivity index (χ0n) is 10.4. The van der Waals surface area contributed by atoms with Gasteiger partial charge in [-0.1, -0.05) is 6.92 Å². The minimum Gasteiger partial charge on any atom is -0.384 e. The van der Waals surface area contributed by atoms with Gasteiger partial charge in [-0.15, -0.1) is 0 Å². The van der Waals surface area contributed by atoms with Gasteiger partial charge in [-0.2, -0.15) is 0 Å². The summed E-state index contributed by atoms with van der Waals surface area (Å²) in [7, 11) is 0. The van der Waals surface area contributed by atoms with Crippen molar-refractivity contribution in [1.29, 1.82) is 0 Å². The van der Waals surface area contributed by atoms with Crippen molar-refractivity contribution < 1.29 is 0 Å². The van der Waals surface area contributed by atoms with Gasteiger partial charge in [0.25, 0.3) is 0 Å². The topological polar surface area (TPSA) is 56.6 Å². The lowest BCUT2D eigenvalue weighted by molar-refractivity contribution is 0.206. The standard InChI is InChI=1S/C12H21N5/c1-2-9-8-14-17-10(13)7-11(15-12(9)17)16-5-3-4-6-16/h7,11,14-15H,2-6,8,13H2,1H3. The molecule has 0 bridgehead atoms. The molecule has 1 atom stereocenters. The van der Waals surface area contributed by atoms with Crippen LogP contribution < -0.4 is 16.5 Å². The quantitative estimate of drug-likeness (QED) is 0.641. The molecule has 0 spiro atoms. The van der Waals surface area contributed by atoms with Crippen LogP contribution in [0.1, 0.15) is 26.2 Å². The van der Waals surface area contributed by atoms with Gasteiger partial charge in [0.1, 0.15) is 17.8 Å². The van der Waals surface area contributed by atoms with Crippen molar-refractivity contribution in [2.45, 2.75) is 32.4 Å². The number of hydrogen-bond acceptors (Lipinski definition) is 5. The number of likely N-dealkylation sites (tertiary alicyclic amines) is 1. The molecular weight excluding hydrogens is 214 g/mol. The lowest BCUT2D eigenvalue weighted by Crippen LogP contribution is -2.52. The number of nitrogens with one attached hydrogen (secondary N) is 2. The summed E-state index contributed by atoms with van der Waals surface area (Å²) in [4.78, 5) is 2.46. The highest BCUT2D eigenvalue weighted by atomic mass is 15.6. The van der Waals surface area contributed by atoms with Crippen molar-refractivity contribution >= 4 is 0 Å². The average Bonchev–Trinajstić information content (AvgIpc) is 2.97. The van der Waals surface area contributed by atoms with Crippen LogP contribution in [0.15, 0.2) is 23.3 Å². The molecule has 0 aromatic carbocycles. The zero-order valence-corrected chi connectivity index (χ0v) is 10.4. The maximum atomic E-state index is 6.12. The van der Waals surface area contributed by atoms with Gasteiger partial charge in [0.15, 0.2) is 0 Å². The van der Waals surface area contributed by atoms with Gasteiger partial charge in [0, 0.05) is 19.6 Å². The fourth-order valence-corrected chi connectivity index (χ4v) is 2.81. The molecular formula is C12H21N5. The molecule has 0 aromatic heterocycles. The van der Waals surface area contributed by atoms with E-state index in [1.54, 1.807) is 0 Å². The fourth-order valence-electron chi connectivity index (χ4n) is 2.81. The van der Waals surface area contributed by atoms with Crippen LogP contribution in [0.4, 0.5) is 0 Å². The Hall–Kier alpha value is -1.20. The van der Waals surface area contributed by atoms with E-state index < -0.39 is 0 Å². The zero-order chi connectivity index (χ0) is 11.8. The van der Waals surface area contributed by atoms with E-state index in [-0.39, 0.29) is 6.17 Å². The number of hydrazine groups is 1. The Morgan fingerprint density at radius 2 is 2.18 bits per heavy atom. The summed E-state index contributed by atoms with van der Waals surface area (Å²) in [6.45, 7) is 5.43. The maximum Gasteiger partial charge on any atom is 0.124 e. The largest absolute Gasteiger partial charge is 0.384 e. The minimum absolute atomic E-state index is 0.269. The monoisotopic (exact) mass is 235 g/mol. The van der Waals surface area contributed by atoms with Gasteiger partial charge < -0.3 is 11.1 Å². The van der Waals surface area contributed by atoms with E-state index in [2.05, 4.69) is 28.6 Å². The molecule has 4 N–H and O–H groups in total. The Morgan fingerprint density at radius 3 is 2.88 bits per heavy atom. The summed E-state index contributed by atoms with van der Waals surface area (Å²) in [6, 6.07) is 0. The van der Waals surface area contributed by atoms with Crippen LogP contribution in [-0.2, 0) is 0 Å². The second kappa shape index (κ2) is 4.23. The highest BCUT2D eigenvalue weighted by molar-refractivity contribution is 5.27. The van der Waals surface area contributed by atoms with Crippen LogP contribution in [0.2, 0.25) is 0 Å². The number of nitrogens with zero attached hydrogens (tertiary/aromatic N) is 2. The van der Waals surface area contributed by atoms with E-state index in [9.17, 15) is 0 Å². The highest BCUT2D eigenvalue weighted by Crippen LogP contribution is 2.24. The smallest absolute Gasteiger partial charge is 0.124 e. The molecule has 17 heavy (non-hydrogen) atoms. The number of fused-ring (bicyclic) bond motifs is 1. The second-order valence-electron chi connectivity index (χ2n) is 4.90. The summed E-state index contributed by atoms with van der Waals surface area (Å²) >= 11 is 0. The number of rotatable bonds is 2. The predicted molar refractivity (Wildman–Crippen MR) is 67.2 cm³/mol. The third-order valence-electron chi connectivity index (χ3n) is 3.84. The van der Waals surface area contributed by atoms with Gasteiger partial charge in [-0.25, -0.2) is 10.4 Å². The minimum atomic E-state index is 0.269. The maximum absolute atomic E-state index is 6.12. The van der Waals surface area contributed by atoms with E-state index in [1.807, 2.05) is 5.01 Å². The SMILES string of the molecule is CCC1=C2NC(N3CCCC3)C=C(N)N2NC1. The van der Waals surface area contributed by atoms with E-state index in [0.29, 0.717) is 0 Å². The first kappa shape index (κ1) is 10.9. The molecule has 1 saturated heterocycles. The average molecular weight is 235 g/mol. The Balaban J connectivity index is 1.85. The first-order valence-corrected chi connectivity index (χ1v) is 6.53. The molecule has 1 fully saturated rings. The fraction of sp³-hybridized carbons (Fsp3) is 0.667. The van der Waals surface area contributed by atoms with E-state index in [4.69, 9.17) is 5.73 Å². The first-order chi connectivity index (χ1) is 8.29. The van der Waals surface area contributed by atoms with Gasteiger partial charge in [0.2, 0.25) is 0 Å². The summed E-state index contributed by atoms with van der Waals surface area (Å²) in [5, 5.41) is 5.58. The molecule has 3 heterocycles. The summed E-state index contributed by atoms with van der Waals surface area (Å²) < 4.78 is 0. The van der Waals surface area contributed by atoms with Gasteiger partial charge in [0.05, 0.1) is 0 Å². The molecule has 0 aliphatic carbocycles. The van der Waals surface area contributed by atoms with E-state index >= 15 is 0 Å². The van der Waals surface area contributed by atoms with Crippen molar-refractivity contribution in [1.82, 2.24) is 20.7 Å². The Kier molecular flexibility index (Phi) is 2.72. The van der Waals surface area contributed by atoms with Gasteiger partial charge >= 0.3 is 0 Å². The lowest BCUT2D eigenvalue weighted by Gasteiger charge is -2.36. The second-order valence-corrected chi connectivity index (χ2v) is 4.90. The lowest BCUT2D eigenvalue weighted by atomic mass is 10.2. The molecule has 94 valence electrons. The normalized spacial score (nSPS) is 29.4. The molecule has 5 heteroatoms. The van der Waals surface area contributed by atoms with Crippen molar-refractivity contribution in [2.24, 2.45) is 5.73 Å². The summed E-state index contributed by atoms with van der Waals surface area (Å²) in [6.07, 6.45) is 6.04. The summed E-state index contributed by atoms with van der Waals surface area (Å²) in [5.74, 6) is 1.99. The van der Waals surface area contributed by atoms with Crippen molar-refractivity contribution in [2.75, 3.05) is 19.6 Å². The molecule has 3 aliphatic rings. The molecule has 0 amide bonds. The molecule has 5 nitrogen and oxygen atoms in total. The van der Waals surface area contributed by atoms with Crippen LogP contribution in [-0.4, -0.2) is 35.7 Å². The van der Waals surface area contributed by atoms with Crippen LogP contribution in [0.3, 0.4) is 0 Å². The van der Waals surface area contributed by atoms with Gasteiger partial charge in [-0.3, -0.25) is 4.90 Å². The highest BCUT2D eigenvalue weighted by Gasteiger charge is 2.32. The first-order valence-electron chi connectivity index (χ1n) is 6.53. The Bertz CT molecular complexity index is 367. The Labute approximate surface area is 102 Å².